The van der Waals surface area contributed by atoms with Gasteiger partial charge in [0.2, 0.25) is 0 Å². The Kier molecular flexibility index (Phi) is 4.45. The van der Waals surface area contributed by atoms with Crippen LogP contribution in [0.5, 0.6) is 11.5 Å². The number of benzene rings is 1. The van der Waals surface area contributed by atoms with Crippen molar-refractivity contribution < 1.29 is 9.47 Å². The predicted molar refractivity (Wildman–Crippen MR) is 97.3 cm³/mol. The van der Waals surface area contributed by atoms with E-state index in [1.165, 1.54) is 25.0 Å². The molecular formula is C16H13Cl2N4O3-. The molecule has 3 aromatic rings. The first-order valence-corrected chi connectivity index (χ1v) is 7.83. The number of aromatic nitrogens is 3. The summed E-state index contributed by atoms with van der Waals surface area (Å²) in [6.45, 7) is 0. The van der Waals surface area contributed by atoms with Gasteiger partial charge in [-0.15, -0.1) is 0 Å². The van der Waals surface area contributed by atoms with E-state index in [2.05, 4.69) is 9.97 Å². The maximum absolute atomic E-state index is 12.6. The summed E-state index contributed by atoms with van der Waals surface area (Å²) in [7, 11) is 4.52. The molecule has 1 aromatic carbocycles. The number of nitrogens with zero attached hydrogens (tertiary/aromatic N) is 3. The number of rotatable bonds is 3. The zero-order valence-corrected chi connectivity index (χ0v) is 15.1. The van der Waals surface area contributed by atoms with Gasteiger partial charge in [-0.05, 0) is 17.6 Å². The van der Waals surface area contributed by atoms with Crippen molar-refractivity contribution in [1.29, 1.82) is 0 Å². The third-order valence-corrected chi connectivity index (χ3v) is 4.56. The molecule has 9 heteroatoms. The Bertz CT molecular complexity index is 1020. The lowest BCUT2D eigenvalue weighted by Gasteiger charge is -2.18. The molecule has 2 heterocycles. The van der Waals surface area contributed by atoms with Crippen LogP contribution in [-0.2, 0) is 7.05 Å². The molecule has 2 aromatic heterocycles. The van der Waals surface area contributed by atoms with Gasteiger partial charge in [0.1, 0.15) is 11.5 Å². The molecule has 0 fully saturated rings. The van der Waals surface area contributed by atoms with Gasteiger partial charge in [-0.1, -0.05) is 23.2 Å². The van der Waals surface area contributed by atoms with Gasteiger partial charge in [0.05, 0.1) is 35.5 Å². The number of pyridine rings is 1. The van der Waals surface area contributed by atoms with Crippen LogP contribution in [0.15, 0.2) is 23.1 Å². The molecule has 25 heavy (non-hydrogen) atoms. The van der Waals surface area contributed by atoms with Gasteiger partial charge < -0.3 is 29.7 Å². The van der Waals surface area contributed by atoms with Crippen molar-refractivity contribution in [2.45, 2.75) is 0 Å². The summed E-state index contributed by atoms with van der Waals surface area (Å²) >= 11 is 12.9. The second kappa shape index (κ2) is 6.42. The van der Waals surface area contributed by atoms with E-state index in [-0.39, 0.29) is 21.5 Å². The van der Waals surface area contributed by atoms with E-state index in [0.29, 0.717) is 28.1 Å². The molecule has 0 spiro atoms. The Balaban J connectivity index is 2.43. The molecule has 0 saturated carbocycles. The van der Waals surface area contributed by atoms with Gasteiger partial charge in [0.15, 0.2) is 0 Å². The summed E-state index contributed by atoms with van der Waals surface area (Å²) in [5.74, 6) is 0.503. The summed E-state index contributed by atoms with van der Waals surface area (Å²) in [5.41, 5.74) is 8.10. The lowest BCUT2D eigenvalue weighted by atomic mass is 10.1. The maximum Gasteiger partial charge on any atom is 0.261 e. The van der Waals surface area contributed by atoms with E-state index in [9.17, 15) is 4.79 Å². The van der Waals surface area contributed by atoms with Gasteiger partial charge >= 0.3 is 0 Å². The van der Waals surface area contributed by atoms with Crippen molar-refractivity contribution in [3.8, 4) is 22.8 Å². The highest BCUT2D eigenvalue weighted by Crippen LogP contribution is 2.45. The monoisotopic (exact) mass is 379 g/mol. The molecular weight excluding hydrogens is 367 g/mol. The summed E-state index contributed by atoms with van der Waals surface area (Å²) in [5, 5.41) is 0.976. The van der Waals surface area contributed by atoms with Gasteiger partial charge in [-0.2, -0.15) is 0 Å². The number of fused-ring (bicyclic) bond motifs is 1. The van der Waals surface area contributed by atoms with Crippen LogP contribution in [0.2, 0.25) is 10.0 Å². The van der Waals surface area contributed by atoms with Crippen LogP contribution in [0.25, 0.3) is 27.9 Å². The molecule has 130 valence electrons. The molecule has 7 nitrogen and oxygen atoms in total. The molecule has 0 atom stereocenters. The number of methoxy groups -OCH3 is 2. The second-order valence-corrected chi connectivity index (χ2v) is 5.93. The molecule has 0 aliphatic carbocycles. The first kappa shape index (κ1) is 17.3. The number of hydrogen-bond acceptors (Lipinski definition) is 5. The van der Waals surface area contributed by atoms with Crippen LogP contribution in [0.1, 0.15) is 0 Å². The number of halogens is 2. The maximum atomic E-state index is 12.6. The molecule has 0 radical (unpaired) electrons. The summed E-state index contributed by atoms with van der Waals surface area (Å²) in [4.78, 5) is 20.4. The fourth-order valence-electron chi connectivity index (χ4n) is 2.53. The SMILES string of the molecule is COc1cc(OC)c(Cl)c(-c2cc3cnc([NH-])nc3c(=O)n2C)c1Cl. The highest BCUT2D eigenvalue weighted by Gasteiger charge is 2.21. The van der Waals surface area contributed by atoms with Crippen LogP contribution < -0.4 is 15.0 Å². The van der Waals surface area contributed by atoms with Gasteiger partial charge in [0.25, 0.3) is 5.56 Å². The lowest BCUT2D eigenvalue weighted by Crippen LogP contribution is -2.20. The Hall–Kier alpha value is -2.51. The average molecular weight is 380 g/mol. The van der Waals surface area contributed by atoms with Crippen molar-refractivity contribution in [3.63, 3.8) is 0 Å². The minimum Gasteiger partial charge on any atom is -0.495 e. The molecule has 0 aliphatic rings. The molecule has 0 amide bonds. The topological polar surface area (TPSA) is 90.0 Å². The Morgan fingerprint density at radius 3 is 2.28 bits per heavy atom. The average Bonchev–Trinajstić information content (AvgIpc) is 2.60. The molecule has 0 bridgehead atoms. The lowest BCUT2D eigenvalue weighted by molar-refractivity contribution is 0.395. The first-order chi connectivity index (χ1) is 11.9. The Morgan fingerprint density at radius 1 is 1.12 bits per heavy atom. The van der Waals surface area contributed by atoms with Crippen molar-refractivity contribution in [2.24, 2.45) is 7.05 Å². The molecule has 0 aliphatic heterocycles. The highest BCUT2D eigenvalue weighted by molar-refractivity contribution is 6.41. The van der Waals surface area contributed by atoms with Gasteiger partial charge in [0, 0.05) is 24.6 Å². The van der Waals surface area contributed by atoms with Gasteiger partial charge in [-0.25, -0.2) is 0 Å². The third-order valence-electron chi connectivity index (χ3n) is 3.81. The fourth-order valence-corrected chi connectivity index (χ4v) is 3.23. The normalized spacial score (nSPS) is 10.9. The first-order valence-electron chi connectivity index (χ1n) is 7.07. The highest BCUT2D eigenvalue weighted by atomic mass is 35.5. The number of nitrogens with one attached hydrogen (secondary N) is 1. The standard InChI is InChI=1S/C16H13Cl2N4O3/c1-22-8(4-7-6-20-16(19)21-14(7)15(22)23)11-12(17)9(24-2)5-10(25-3)13(11)18/h4-6H,1-3H3,(H-,19,20,21)/q-1. The Labute approximate surface area is 152 Å². The summed E-state index contributed by atoms with van der Waals surface area (Å²) in [6.07, 6.45) is 1.41. The van der Waals surface area contributed by atoms with Crippen molar-refractivity contribution in [1.82, 2.24) is 14.5 Å². The molecule has 0 unspecified atom stereocenters. The van der Waals surface area contributed by atoms with Crippen molar-refractivity contribution in [3.05, 3.63) is 44.5 Å². The van der Waals surface area contributed by atoms with E-state index in [0.717, 1.165) is 0 Å². The zero-order valence-electron chi connectivity index (χ0n) is 13.6. The van der Waals surface area contributed by atoms with Crippen LogP contribution in [-0.4, -0.2) is 28.8 Å². The van der Waals surface area contributed by atoms with E-state index in [1.54, 1.807) is 19.2 Å². The van der Waals surface area contributed by atoms with Crippen LogP contribution in [0.4, 0.5) is 5.95 Å². The van der Waals surface area contributed by atoms with E-state index in [4.69, 9.17) is 38.4 Å². The van der Waals surface area contributed by atoms with Crippen LogP contribution >= 0.6 is 23.2 Å². The Morgan fingerprint density at radius 2 is 1.72 bits per heavy atom. The van der Waals surface area contributed by atoms with E-state index in [1.807, 2.05) is 0 Å². The predicted octanol–water partition coefficient (Wildman–Crippen LogP) is 4.00. The zero-order chi connectivity index (χ0) is 18.3. The van der Waals surface area contributed by atoms with Crippen molar-refractivity contribution >= 4 is 40.1 Å². The minimum absolute atomic E-state index is 0.147. The van der Waals surface area contributed by atoms with Gasteiger partial charge in [-0.3, -0.25) is 4.79 Å². The molecule has 3 rings (SSSR count). The largest absolute Gasteiger partial charge is 0.495 e. The van der Waals surface area contributed by atoms with E-state index >= 15 is 0 Å². The smallest absolute Gasteiger partial charge is 0.261 e. The third kappa shape index (κ3) is 2.75. The van der Waals surface area contributed by atoms with Crippen LogP contribution in [0.3, 0.4) is 0 Å². The van der Waals surface area contributed by atoms with Crippen LogP contribution in [0, 0.1) is 0 Å². The number of hydrogen-bond donors (Lipinski definition) is 0. The molecule has 0 saturated heterocycles. The summed E-state index contributed by atoms with van der Waals surface area (Å²) in [6, 6.07) is 3.25. The minimum atomic E-state index is -0.391. The summed E-state index contributed by atoms with van der Waals surface area (Å²) < 4.78 is 11.9. The van der Waals surface area contributed by atoms with Crippen molar-refractivity contribution in [2.75, 3.05) is 14.2 Å². The van der Waals surface area contributed by atoms with E-state index < -0.39 is 5.56 Å². The number of ether oxygens (including phenoxy) is 2. The fraction of sp³-hybridized carbons (Fsp3) is 0.188. The quantitative estimate of drug-likeness (QED) is 0.685. The molecule has 1 N–H and O–H groups in total. The second-order valence-electron chi connectivity index (χ2n) is 5.18.